The number of carbonyl (C=O) groups excluding carboxylic acids is 2. The molecular weight excluding hydrogens is 320 g/mol. The van der Waals surface area contributed by atoms with Crippen LogP contribution in [0.5, 0.6) is 5.75 Å². The number of hydrogen-bond acceptors (Lipinski definition) is 4. The molecule has 1 N–H and O–H groups in total. The molecular formula is C19H26N2O4. The maximum atomic E-state index is 12.4. The van der Waals surface area contributed by atoms with Crippen LogP contribution in [-0.4, -0.2) is 58.7 Å². The minimum atomic E-state index is -0.909. The third kappa shape index (κ3) is 3.35. The first-order valence-corrected chi connectivity index (χ1v) is 8.89. The number of aliphatic hydroxyl groups is 1. The SMILES string of the molecule is Cc1ccc(C)c(OC[C@@H](O)CN2C(=O)[C@@H]3CCCCN3C2=O)c1C. The molecule has 3 amide bonds. The largest absolute Gasteiger partial charge is 0.490 e. The van der Waals surface area contributed by atoms with Crippen molar-refractivity contribution in [2.75, 3.05) is 19.7 Å². The summed E-state index contributed by atoms with van der Waals surface area (Å²) >= 11 is 0. The molecule has 25 heavy (non-hydrogen) atoms. The molecule has 0 saturated carbocycles. The van der Waals surface area contributed by atoms with Crippen LogP contribution < -0.4 is 4.74 Å². The summed E-state index contributed by atoms with van der Waals surface area (Å²) in [6.07, 6.45) is 1.70. The second kappa shape index (κ2) is 7.04. The second-order valence-electron chi connectivity index (χ2n) is 7.05. The van der Waals surface area contributed by atoms with Gasteiger partial charge in [-0.1, -0.05) is 12.1 Å². The standard InChI is InChI=1S/C19H26N2O4/c1-12-7-8-13(2)17(14(12)3)25-11-15(22)10-21-18(23)16-6-4-5-9-20(16)19(21)24/h7-8,15-16,22H,4-6,9-11H2,1-3H3/t15-,16-/m0/s1. The van der Waals surface area contributed by atoms with Crippen LogP contribution in [0.1, 0.15) is 36.0 Å². The van der Waals surface area contributed by atoms with Crippen LogP contribution >= 0.6 is 0 Å². The van der Waals surface area contributed by atoms with Crippen molar-refractivity contribution in [3.63, 3.8) is 0 Å². The van der Waals surface area contributed by atoms with E-state index < -0.39 is 6.10 Å². The van der Waals surface area contributed by atoms with E-state index in [-0.39, 0.29) is 31.1 Å². The molecule has 6 heteroatoms. The third-order valence-electron chi connectivity index (χ3n) is 5.22. The first kappa shape index (κ1) is 17.7. The van der Waals surface area contributed by atoms with Gasteiger partial charge in [0.2, 0.25) is 0 Å². The summed E-state index contributed by atoms with van der Waals surface area (Å²) in [5, 5.41) is 10.3. The summed E-state index contributed by atoms with van der Waals surface area (Å²) < 4.78 is 5.80. The first-order chi connectivity index (χ1) is 11.9. The Morgan fingerprint density at radius 2 is 1.92 bits per heavy atom. The van der Waals surface area contributed by atoms with Crippen LogP contribution in [-0.2, 0) is 4.79 Å². The monoisotopic (exact) mass is 346 g/mol. The lowest BCUT2D eigenvalue weighted by Crippen LogP contribution is -2.40. The number of piperidine rings is 1. The topological polar surface area (TPSA) is 70.1 Å². The number of urea groups is 1. The van der Waals surface area contributed by atoms with Crippen molar-refractivity contribution in [1.29, 1.82) is 0 Å². The highest BCUT2D eigenvalue weighted by atomic mass is 16.5. The lowest BCUT2D eigenvalue weighted by Gasteiger charge is -2.26. The number of amides is 3. The van der Waals surface area contributed by atoms with Crippen molar-refractivity contribution in [2.24, 2.45) is 0 Å². The molecule has 1 aromatic carbocycles. The second-order valence-corrected chi connectivity index (χ2v) is 7.05. The van der Waals surface area contributed by atoms with Gasteiger partial charge in [0.15, 0.2) is 0 Å². The van der Waals surface area contributed by atoms with Crippen molar-refractivity contribution < 1.29 is 19.4 Å². The van der Waals surface area contributed by atoms with Gasteiger partial charge in [-0.25, -0.2) is 4.79 Å². The van der Waals surface area contributed by atoms with E-state index in [1.165, 1.54) is 4.90 Å². The summed E-state index contributed by atoms with van der Waals surface area (Å²) in [7, 11) is 0. The summed E-state index contributed by atoms with van der Waals surface area (Å²) in [5.41, 5.74) is 3.16. The van der Waals surface area contributed by atoms with Crippen molar-refractivity contribution in [3.8, 4) is 5.75 Å². The van der Waals surface area contributed by atoms with Gasteiger partial charge in [-0.15, -0.1) is 0 Å². The highest BCUT2D eigenvalue weighted by molar-refractivity contribution is 6.04. The number of benzene rings is 1. The van der Waals surface area contributed by atoms with Gasteiger partial charge < -0.3 is 14.7 Å². The van der Waals surface area contributed by atoms with Crippen LogP contribution in [0.15, 0.2) is 12.1 Å². The van der Waals surface area contributed by atoms with E-state index in [1.807, 2.05) is 32.9 Å². The van der Waals surface area contributed by atoms with E-state index >= 15 is 0 Å². The number of aryl methyl sites for hydroxylation is 2. The molecule has 0 aliphatic carbocycles. The number of nitrogens with zero attached hydrogens (tertiary/aromatic N) is 2. The molecule has 2 heterocycles. The Hall–Kier alpha value is -2.08. The van der Waals surface area contributed by atoms with Crippen molar-refractivity contribution in [1.82, 2.24) is 9.80 Å². The Morgan fingerprint density at radius 1 is 1.20 bits per heavy atom. The smallest absolute Gasteiger partial charge is 0.327 e. The molecule has 2 atom stereocenters. The average Bonchev–Trinajstić information content (AvgIpc) is 2.84. The predicted molar refractivity (Wildman–Crippen MR) is 93.6 cm³/mol. The van der Waals surface area contributed by atoms with Crippen LogP contribution in [0.4, 0.5) is 4.79 Å². The van der Waals surface area contributed by atoms with E-state index in [0.717, 1.165) is 41.7 Å². The van der Waals surface area contributed by atoms with Gasteiger partial charge in [-0.05, 0) is 56.7 Å². The minimum absolute atomic E-state index is 0.0193. The Kier molecular flexibility index (Phi) is 4.99. The molecule has 6 nitrogen and oxygen atoms in total. The number of hydrogen-bond donors (Lipinski definition) is 1. The molecule has 3 rings (SSSR count). The van der Waals surface area contributed by atoms with Crippen molar-refractivity contribution >= 4 is 11.9 Å². The summed E-state index contributed by atoms with van der Waals surface area (Å²) in [6, 6.07) is 3.40. The quantitative estimate of drug-likeness (QED) is 0.830. The summed E-state index contributed by atoms with van der Waals surface area (Å²) in [5.74, 6) is 0.571. The Balaban J connectivity index is 1.62. The number of carbonyl (C=O) groups is 2. The fraction of sp³-hybridized carbons (Fsp3) is 0.579. The molecule has 0 unspecified atom stereocenters. The van der Waals surface area contributed by atoms with Crippen LogP contribution in [0, 0.1) is 20.8 Å². The van der Waals surface area contributed by atoms with E-state index in [0.29, 0.717) is 6.54 Å². The molecule has 136 valence electrons. The van der Waals surface area contributed by atoms with Gasteiger partial charge in [0, 0.05) is 6.54 Å². The number of rotatable bonds is 5. The molecule has 2 aliphatic heterocycles. The van der Waals surface area contributed by atoms with Crippen molar-refractivity contribution in [2.45, 2.75) is 52.2 Å². The van der Waals surface area contributed by atoms with Gasteiger partial charge >= 0.3 is 6.03 Å². The molecule has 0 spiro atoms. The summed E-state index contributed by atoms with van der Waals surface area (Å²) in [4.78, 5) is 27.6. The van der Waals surface area contributed by atoms with E-state index in [9.17, 15) is 14.7 Å². The third-order valence-corrected chi connectivity index (χ3v) is 5.22. The zero-order valence-electron chi connectivity index (χ0n) is 15.1. The van der Waals surface area contributed by atoms with Gasteiger partial charge in [0.25, 0.3) is 5.91 Å². The number of ether oxygens (including phenoxy) is 1. The Morgan fingerprint density at radius 3 is 2.64 bits per heavy atom. The van der Waals surface area contributed by atoms with Crippen molar-refractivity contribution in [3.05, 3.63) is 28.8 Å². The van der Waals surface area contributed by atoms with Crippen LogP contribution in [0.3, 0.4) is 0 Å². The minimum Gasteiger partial charge on any atom is -0.490 e. The molecule has 1 aromatic rings. The maximum absolute atomic E-state index is 12.4. The Labute approximate surface area is 148 Å². The van der Waals surface area contributed by atoms with E-state index in [2.05, 4.69) is 0 Å². The number of imide groups is 1. The molecule has 2 fully saturated rings. The number of aliphatic hydroxyl groups excluding tert-OH is 1. The predicted octanol–water partition coefficient (Wildman–Crippen LogP) is 2.17. The molecule has 0 aromatic heterocycles. The zero-order chi connectivity index (χ0) is 18.1. The lowest BCUT2D eigenvalue weighted by molar-refractivity contribution is -0.129. The van der Waals surface area contributed by atoms with Gasteiger partial charge in [0.05, 0.1) is 6.54 Å². The van der Waals surface area contributed by atoms with Gasteiger partial charge in [-0.2, -0.15) is 0 Å². The van der Waals surface area contributed by atoms with Crippen LogP contribution in [0.2, 0.25) is 0 Å². The fourth-order valence-corrected chi connectivity index (χ4v) is 3.61. The van der Waals surface area contributed by atoms with Gasteiger partial charge in [0.1, 0.15) is 24.5 Å². The molecule has 0 radical (unpaired) electrons. The highest BCUT2D eigenvalue weighted by Crippen LogP contribution is 2.28. The number of β-amino-alcohol motifs (C(OH)–C–C–N with tert-alkyl or cyclic N) is 1. The summed E-state index contributed by atoms with van der Waals surface area (Å²) in [6.45, 7) is 6.60. The number of fused-ring (bicyclic) bond motifs is 1. The molecule has 0 bridgehead atoms. The molecule has 2 saturated heterocycles. The van der Waals surface area contributed by atoms with Crippen LogP contribution in [0.25, 0.3) is 0 Å². The highest BCUT2D eigenvalue weighted by Gasteiger charge is 2.46. The average molecular weight is 346 g/mol. The van der Waals surface area contributed by atoms with E-state index in [1.54, 1.807) is 4.90 Å². The Bertz CT molecular complexity index is 664. The lowest BCUT2D eigenvalue weighted by atomic mass is 10.0. The zero-order valence-corrected chi connectivity index (χ0v) is 15.1. The molecule has 2 aliphatic rings. The maximum Gasteiger partial charge on any atom is 0.327 e. The van der Waals surface area contributed by atoms with E-state index in [4.69, 9.17) is 4.74 Å². The van der Waals surface area contributed by atoms with Gasteiger partial charge in [-0.3, -0.25) is 9.69 Å². The fourth-order valence-electron chi connectivity index (χ4n) is 3.61. The normalized spacial score (nSPS) is 21.5. The first-order valence-electron chi connectivity index (χ1n) is 8.89.